The number of benzene rings is 3. The molecule has 0 aliphatic heterocycles. The Labute approximate surface area is 140 Å². The fraction of sp³-hybridized carbons (Fsp3) is 0.0952. The van der Waals surface area contributed by atoms with Crippen LogP contribution in [0.4, 0.5) is 4.39 Å². The Bertz CT molecular complexity index is 897. The van der Waals surface area contributed by atoms with Gasteiger partial charge in [-0.25, -0.2) is 4.39 Å². The Hall–Kier alpha value is -3.12. The molecule has 0 aliphatic carbocycles. The quantitative estimate of drug-likeness (QED) is 0.658. The van der Waals surface area contributed by atoms with E-state index in [1.54, 1.807) is 13.0 Å². The average molecular weight is 317 g/mol. The number of hydrogen-bond donors (Lipinski definition) is 0. The van der Waals surface area contributed by atoms with Crippen LogP contribution >= 0.6 is 0 Å². The molecular weight excluding hydrogens is 301 g/mol. The molecule has 3 aromatic carbocycles. The summed E-state index contributed by atoms with van der Waals surface area (Å²) in [6, 6.07) is 22.3. The maximum absolute atomic E-state index is 14.0. The van der Waals surface area contributed by atoms with Gasteiger partial charge < -0.3 is 4.74 Å². The van der Waals surface area contributed by atoms with Crippen LogP contribution in [0.1, 0.15) is 16.7 Å². The second kappa shape index (κ2) is 6.97. The van der Waals surface area contributed by atoms with E-state index in [0.29, 0.717) is 34.6 Å². The van der Waals surface area contributed by atoms with E-state index in [0.717, 1.165) is 5.56 Å². The number of halogens is 1. The van der Waals surface area contributed by atoms with Crippen LogP contribution in [0.15, 0.2) is 66.7 Å². The zero-order valence-electron chi connectivity index (χ0n) is 13.3. The van der Waals surface area contributed by atoms with E-state index in [1.165, 1.54) is 6.07 Å². The van der Waals surface area contributed by atoms with E-state index in [2.05, 4.69) is 6.07 Å². The van der Waals surface area contributed by atoms with E-state index >= 15 is 0 Å². The third-order valence-corrected chi connectivity index (χ3v) is 3.83. The molecule has 0 heterocycles. The van der Waals surface area contributed by atoms with Crippen LogP contribution in [0.25, 0.3) is 11.1 Å². The van der Waals surface area contributed by atoms with Gasteiger partial charge in [-0.3, -0.25) is 0 Å². The molecule has 0 amide bonds. The highest BCUT2D eigenvalue weighted by molar-refractivity contribution is 5.76. The van der Waals surface area contributed by atoms with Crippen molar-refractivity contribution in [1.82, 2.24) is 0 Å². The summed E-state index contributed by atoms with van der Waals surface area (Å²) in [5.41, 5.74) is 3.19. The fourth-order valence-electron chi connectivity index (χ4n) is 2.55. The molecule has 0 spiro atoms. The number of para-hydroxylation sites is 1. The van der Waals surface area contributed by atoms with E-state index in [1.807, 2.05) is 54.6 Å². The summed E-state index contributed by atoms with van der Waals surface area (Å²) >= 11 is 0. The highest BCUT2D eigenvalue weighted by Gasteiger charge is 2.13. The number of hydrogen-bond acceptors (Lipinski definition) is 2. The lowest BCUT2D eigenvalue weighted by molar-refractivity contribution is 0.307. The predicted octanol–water partition coefficient (Wildman–Crippen LogP) is 5.25. The van der Waals surface area contributed by atoms with Crippen molar-refractivity contribution in [2.75, 3.05) is 0 Å². The molecule has 0 aromatic heterocycles. The van der Waals surface area contributed by atoms with Gasteiger partial charge in [0, 0.05) is 11.1 Å². The van der Waals surface area contributed by atoms with Crippen molar-refractivity contribution >= 4 is 0 Å². The summed E-state index contributed by atoms with van der Waals surface area (Å²) in [4.78, 5) is 0. The molecule has 0 atom stereocenters. The van der Waals surface area contributed by atoms with Crippen LogP contribution in [0.5, 0.6) is 5.75 Å². The lowest BCUT2D eigenvalue weighted by atomic mass is 9.97. The second-order valence-corrected chi connectivity index (χ2v) is 5.53. The first-order valence-electron chi connectivity index (χ1n) is 7.65. The average Bonchev–Trinajstić information content (AvgIpc) is 2.63. The number of rotatable bonds is 4. The first-order valence-corrected chi connectivity index (χ1v) is 7.65. The van der Waals surface area contributed by atoms with Crippen LogP contribution in [0.3, 0.4) is 0 Å². The van der Waals surface area contributed by atoms with Crippen molar-refractivity contribution < 1.29 is 9.13 Å². The van der Waals surface area contributed by atoms with Crippen molar-refractivity contribution in [2.24, 2.45) is 0 Å². The SMILES string of the molecule is Cc1cc(C#N)c(-c2ccccc2OCc2ccccc2)cc1F. The third kappa shape index (κ3) is 3.28. The number of aryl methyl sites for hydroxylation is 1. The largest absolute Gasteiger partial charge is 0.488 e. The predicted molar refractivity (Wildman–Crippen MR) is 92.1 cm³/mol. The van der Waals surface area contributed by atoms with E-state index in [9.17, 15) is 9.65 Å². The molecule has 0 saturated carbocycles. The van der Waals surface area contributed by atoms with Crippen molar-refractivity contribution in [1.29, 1.82) is 5.26 Å². The van der Waals surface area contributed by atoms with Gasteiger partial charge in [0.25, 0.3) is 0 Å². The smallest absolute Gasteiger partial charge is 0.127 e. The van der Waals surface area contributed by atoms with Gasteiger partial charge in [-0.1, -0.05) is 48.5 Å². The van der Waals surface area contributed by atoms with Gasteiger partial charge in [-0.2, -0.15) is 5.26 Å². The second-order valence-electron chi connectivity index (χ2n) is 5.53. The van der Waals surface area contributed by atoms with Crippen LogP contribution in [-0.2, 0) is 6.61 Å². The molecule has 118 valence electrons. The molecule has 0 aliphatic rings. The van der Waals surface area contributed by atoms with Gasteiger partial charge in [0.15, 0.2) is 0 Å². The first-order chi connectivity index (χ1) is 11.7. The molecule has 0 radical (unpaired) electrons. The van der Waals surface area contributed by atoms with Crippen LogP contribution in [-0.4, -0.2) is 0 Å². The Morgan fingerprint density at radius 1 is 0.958 bits per heavy atom. The monoisotopic (exact) mass is 317 g/mol. The maximum atomic E-state index is 14.0. The van der Waals surface area contributed by atoms with E-state index in [-0.39, 0.29) is 5.82 Å². The van der Waals surface area contributed by atoms with Gasteiger partial charge in [-0.05, 0) is 36.2 Å². The van der Waals surface area contributed by atoms with Crippen LogP contribution in [0, 0.1) is 24.1 Å². The van der Waals surface area contributed by atoms with Crippen LogP contribution < -0.4 is 4.74 Å². The molecular formula is C21H16FNO. The summed E-state index contributed by atoms with van der Waals surface area (Å²) in [5, 5.41) is 9.38. The summed E-state index contributed by atoms with van der Waals surface area (Å²) in [7, 11) is 0. The van der Waals surface area contributed by atoms with Gasteiger partial charge >= 0.3 is 0 Å². The summed E-state index contributed by atoms with van der Waals surface area (Å²) < 4.78 is 19.9. The highest BCUT2D eigenvalue weighted by Crippen LogP contribution is 2.34. The number of ether oxygens (including phenoxy) is 1. The Kier molecular flexibility index (Phi) is 4.58. The molecule has 3 rings (SSSR count). The number of nitriles is 1. The lowest BCUT2D eigenvalue weighted by Crippen LogP contribution is -1.98. The Morgan fingerprint density at radius 3 is 2.42 bits per heavy atom. The zero-order chi connectivity index (χ0) is 16.9. The lowest BCUT2D eigenvalue weighted by Gasteiger charge is -2.13. The topological polar surface area (TPSA) is 33.0 Å². The van der Waals surface area contributed by atoms with Crippen molar-refractivity contribution in [3.63, 3.8) is 0 Å². The van der Waals surface area contributed by atoms with Crippen molar-refractivity contribution in [2.45, 2.75) is 13.5 Å². The molecule has 0 fully saturated rings. The molecule has 2 nitrogen and oxygen atoms in total. The zero-order valence-corrected chi connectivity index (χ0v) is 13.3. The summed E-state index contributed by atoms with van der Waals surface area (Å²) in [6.45, 7) is 2.06. The summed E-state index contributed by atoms with van der Waals surface area (Å²) in [5.74, 6) is 0.294. The first kappa shape index (κ1) is 15.8. The van der Waals surface area contributed by atoms with Gasteiger partial charge in [0.1, 0.15) is 18.2 Å². The van der Waals surface area contributed by atoms with Crippen molar-refractivity contribution in [3.05, 3.63) is 89.2 Å². The molecule has 24 heavy (non-hydrogen) atoms. The Morgan fingerprint density at radius 2 is 1.67 bits per heavy atom. The minimum Gasteiger partial charge on any atom is -0.488 e. The molecule has 0 bridgehead atoms. The normalized spacial score (nSPS) is 10.2. The molecule has 0 N–H and O–H groups in total. The molecule has 3 heteroatoms. The molecule has 0 unspecified atom stereocenters. The van der Waals surface area contributed by atoms with Gasteiger partial charge in [-0.15, -0.1) is 0 Å². The Balaban J connectivity index is 1.98. The summed E-state index contributed by atoms with van der Waals surface area (Å²) in [6.07, 6.45) is 0. The van der Waals surface area contributed by atoms with E-state index in [4.69, 9.17) is 4.74 Å². The van der Waals surface area contributed by atoms with Gasteiger partial charge in [0.05, 0.1) is 11.6 Å². The standard InChI is InChI=1S/C21H16FNO/c1-15-11-17(13-23)19(12-20(15)22)18-9-5-6-10-21(18)24-14-16-7-3-2-4-8-16/h2-12H,14H2,1H3. The number of nitrogens with zero attached hydrogens (tertiary/aromatic N) is 1. The van der Waals surface area contributed by atoms with Crippen LogP contribution in [0.2, 0.25) is 0 Å². The van der Waals surface area contributed by atoms with Gasteiger partial charge in [0.2, 0.25) is 0 Å². The minimum absolute atomic E-state index is 0.332. The highest BCUT2D eigenvalue weighted by atomic mass is 19.1. The minimum atomic E-state index is -0.332. The fourth-order valence-corrected chi connectivity index (χ4v) is 2.55. The van der Waals surface area contributed by atoms with E-state index < -0.39 is 0 Å². The molecule has 3 aromatic rings. The van der Waals surface area contributed by atoms with Crippen molar-refractivity contribution in [3.8, 4) is 22.9 Å². The molecule has 0 saturated heterocycles. The maximum Gasteiger partial charge on any atom is 0.127 e. The third-order valence-electron chi connectivity index (χ3n) is 3.83.